The van der Waals surface area contributed by atoms with E-state index >= 15 is 0 Å². The van der Waals surface area contributed by atoms with Crippen molar-refractivity contribution in [3.05, 3.63) is 56.2 Å². The van der Waals surface area contributed by atoms with E-state index in [2.05, 4.69) is 78.4 Å². The van der Waals surface area contributed by atoms with Crippen LogP contribution in [0.15, 0.2) is 40.2 Å². The van der Waals surface area contributed by atoms with Gasteiger partial charge in [-0.15, -0.1) is 11.3 Å². The molecule has 0 fully saturated rings. The molecule has 1 aromatic carbocycles. The summed E-state index contributed by atoms with van der Waals surface area (Å²) in [6.07, 6.45) is 0. The Hall–Kier alpha value is -0.640. The lowest BCUT2D eigenvalue weighted by Gasteiger charge is -2.19. The van der Waals surface area contributed by atoms with Crippen molar-refractivity contribution in [1.29, 1.82) is 0 Å². The molecule has 2 atom stereocenters. The van der Waals surface area contributed by atoms with Gasteiger partial charge in [-0.3, -0.25) is 0 Å². The van der Waals surface area contributed by atoms with Crippen LogP contribution >= 0.6 is 27.3 Å². The van der Waals surface area contributed by atoms with Crippen LogP contribution in [0.4, 0.5) is 0 Å². The Morgan fingerprint density at radius 2 is 1.89 bits per heavy atom. The number of hydrogen-bond donors (Lipinski definition) is 1. The fourth-order valence-electron chi connectivity index (χ4n) is 2.05. The fraction of sp³-hybridized carbons (Fsp3) is 0.333. The highest BCUT2D eigenvalue weighted by atomic mass is 79.9. The van der Waals surface area contributed by atoms with E-state index in [1.54, 1.807) is 11.3 Å². The lowest BCUT2D eigenvalue weighted by molar-refractivity contribution is 0.500. The van der Waals surface area contributed by atoms with Crippen molar-refractivity contribution in [2.45, 2.75) is 32.9 Å². The van der Waals surface area contributed by atoms with Crippen molar-refractivity contribution >= 4 is 27.3 Å². The van der Waals surface area contributed by atoms with E-state index in [0.717, 1.165) is 0 Å². The molecule has 0 aliphatic carbocycles. The van der Waals surface area contributed by atoms with Crippen LogP contribution in [0.2, 0.25) is 0 Å². The molecule has 2 rings (SSSR count). The van der Waals surface area contributed by atoms with E-state index < -0.39 is 0 Å². The van der Waals surface area contributed by atoms with E-state index in [1.807, 2.05) is 0 Å². The Morgan fingerprint density at radius 1 is 1.11 bits per heavy atom. The van der Waals surface area contributed by atoms with E-state index in [4.69, 9.17) is 0 Å². The van der Waals surface area contributed by atoms with Crippen LogP contribution < -0.4 is 5.32 Å². The largest absolute Gasteiger partial charge is 0.303 e. The van der Waals surface area contributed by atoms with Gasteiger partial charge in [-0.25, -0.2) is 0 Å². The highest BCUT2D eigenvalue weighted by Gasteiger charge is 2.12. The molecule has 1 unspecified atom stereocenters. The summed E-state index contributed by atoms with van der Waals surface area (Å²) in [5.74, 6) is 0. The van der Waals surface area contributed by atoms with Crippen molar-refractivity contribution in [3.8, 4) is 0 Å². The van der Waals surface area contributed by atoms with E-state index in [0.29, 0.717) is 12.1 Å². The van der Waals surface area contributed by atoms with Gasteiger partial charge < -0.3 is 5.32 Å². The van der Waals surface area contributed by atoms with Crippen molar-refractivity contribution < 1.29 is 0 Å². The van der Waals surface area contributed by atoms with Gasteiger partial charge in [-0.05, 0) is 54.4 Å². The maximum Gasteiger partial charge on any atom is 0.0701 e. The molecule has 0 bridgehead atoms. The molecule has 1 aromatic heterocycles. The molecular formula is C15H18BrNS. The molecule has 0 saturated carbocycles. The Bertz CT molecular complexity index is 521. The molecule has 0 spiro atoms. The molecule has 0 radical (unpaired) electrons. The first kappa shape index (κ1) is 13.8. The maximum absolute atomic E-state index is 3.64. The third-order valence-electron chi connectivity index (χ3n) is 3.06. The molecule has 1 heterocycles. The smallest absolute Gasteiger partial charge is 0.0701 e. The van der Waals surface area contributed by atoms with Gasteiger partial charge in [0.2, 0.25) is 0 Å². The van der Waals surface area contributed by atoms with Gasteiger partial charge in [0.15, 0.2) is 0 Å². The predicted octanol–water partition coefficient (Wildman–Crippen LogP) is 5.23. The summed E-state index contributed by atoms with van der Waals surface area (Å²) in [5.41, 5.74) is 2.66. The van der Waals surface area contributed by atoms with Crippen LogP contribution in [-0.4, -0.2) is 0 Å². The quantitative estimate of drug-likeness (QED) is 0.812. The standard InChI is InChI=1S/C15H18BrNS/c1-10-5-4-6-13(9-10)11(2)17-12(3)14-7-8-15(16)18-14/h4-9,11-12,17H,1-3H3/t11-,12?/m1/s1. The maximum atomic E-state index is 3.64. The van der Waals surface area contributed by atoms with Crippen molar-refractivity contribution in [1.82, 2.24) is 5.32 Å². The highest BCUT2D eigenvalue weighted by Crippen LogP contribution is 2.28. The average molecular weight is 324 g/mol. The molecule has 96 valence electrons. The lowest BCUT2D eigenvalue weighted by atomic mass is 10.0. The minimum Gasteiger partial charge on any atom is -0.303 e. The van der Waals surface area contributed by atoms with E-state index in [9.17, 15) is 0 Å². The van der Waals surface area contributed by atoms with Gasteiger partial charge in [0.25, 0.3) is 0 Å². The first-order valence-electron chi connectivity index (χ1n) is 6.14. The Morgan fingerprint density at radius 3 is 2.50 bits per heavy atom. The number of rotatable bonds is 4. The predicted molar refractivity (Wildman–Crippen MR) is 83.2 cm³/mol. The first-order valence-corrected chi connectivity index (χ1v) is 7.75. The van der Waals surface area contributed by atoms with Gasteiger partial charge in [-0.2, -0.15) is 0 Å². The van der Waals surface area contributed by atoms with Gasteiger partial charge in [0, 0.05) is 17.0 Å². The molecule has 3 heteroatoms. The zero-order chi connectivity index (χ0) is 13.1. The van der Waals surface area contributed by atoms with Crippen molar-refractivity contribution in [3.63, 3.8) is 0 Å². The average Bonchev–Trinajstić information content (AvgIpc) is 2.76. The second-order valence-electron chi connectivity index (χ2n) is 4.67. The number of nitrogens with one attached hydrogen (secondary N) is 1. The lowest BCUT2D eigenvalue weighted by Crippen LogP contribution is -2.21. The number of hydrogen-bond acceptors (Lipinski definition) is 2. The number of aryl methyl sites for hydroxylation is 1. The molecule has 1 N–H and O–H groups in total. The zero-order valence-electron chi connectivity index (χ0n) is 10.9. The third-order valence-corrected chi connectivity index (χ3v) is 4.87. The van der Waals surface area contributed by atoms with Gasteiger partial charge >= 0.3 is 0 Å². The van der Waals surface area contributed by atoms with Crippen molar-refractivity contribution in [2.75, 3.05) is 0 Å². The van der Waals surface area contributed by atoms with E-state index in [-0.39, 0.29) is 0 Å². The monoisotopic (exact) mass is 323 g/mol. The SMILES string of the molecule is Cc1cccc([C@@H](C)NC(C)c2ccc(Br)s2)c1. The molecule has 2 aromatic rings. The van der Waals surface area contributed by atoms with Crippen LogP contribution in [-0.2, 0) is 0 Å². The summed E-state index contributed by atoms with van der Waals surface area (Å²) in [7, 11) is 0. The summed E-state index contributed by atoms with van der Waals surface area (Å²) in [6, 6.07) is 13.7. The van der Waals surface area contributed by atoms with Gasteiger partial charge in [-0.1, -0.05) is 29.8 Å². The number of thiophene rings is 1. The highest BCUT2D eigenvalue weighted by molar-refractivity contribution is 9.11. The van der Waals surface area contributed by atoms with Crippen molar-refractivity contribution in [2.24, 2.45) is 0 Å². The zero-order valence-corrected chi connectivity index (χ0v) is 13.3. The summed E-state index contributed by atoms with van der Waals surface area (Å²) in [6.45, 7) is 6.56. The van der Waals surface area contributed by atoms with E-state index in [1.165, 1.54) is 19.8 Å². The minimum absolute atomic E-state index is 0.362. The fourth-order valence-corrected chi connectivity index (χ4v) is 3.49. The second-order valence-corrected chi connectivity index (χ2v) is 7.16. The van der Waals surface area contributed by atoms with Crippen LogP contribution in [0.3, 0.4) is 0 Å². The Kier molecular flexibility index (Phi) is 4.60. The molecule has 0 amide bonds. The summed E-state index contributed by atoms with van der Waals surface area (Å²) >= 11 is 5.30. The molecule has 0 aliphatic heterocycles. The van der Waals surface area contributed by atoms with Crippen LogP contribution in [0.5, 0.6) is 0 Å². The van der Waals surface area contributed by atoms with Crippen LogP contribution in [0, 0.1) is 6.92 Å². The minimum atomic E-state index is 0.362. The van der Waals surface area contributed by atoms with Crippen LogP contribution in [0.25, 0.3) is 0 Å². The Labute approximate surface area is 121 Å². The molecule has 0 saturated heterocycles. The molecular weight excluding hydrogens is 306 g/mol. The number of benzene rings is 1. The second kappa shape index (κ2) is 6.00. The number of halogens is 1. The summed E-state index contributed by atoms with van der Waals surface area (Å²) in [4.78, 5) is 1.36. The molecule has 1 nitrogen and oxygen atoms in total. The molecule has 18 heavy (non-hydrogen) atoms. The molecule has 0 aliphatic rings. The third kappa shape index (κ3) is 3.44. The van der Waals surface area contributed by atoms with Gasteiger partial charge in [0.1, 0.15) is 0 Å². The van der Waals surface area contributed by atoms with Crippen LogP contribution in [0.1, 0.15) is 41.9 Å². The topological polar surface area (TPSA) is 12.0 Å². The normalized spacial score (nSPS) is 14.4. The first-order chi connectivity index (χ1) is 8.56. The van der Waals surface area contributed by atoms with Gasteiger partial charge in [0.05, 0.1) is 3.79 Å². The summed E-state index contributed by atoms with van der Waals surface area (Å²) < 4.78 is 1.19. The Balaban J connectivity index is 2.05. The summed E-state index contributed by atoms with van der Waals surface area (Å²) in [5, 5.41) is 3.64.